The lowest BCUT2D eigenvalue weighted by molar-refractivity contribution is 0.00578. The molecule has 1 N–H and O–H groups in total. The topological polar surface area (TPSA) is 47.9 Å². The van der Waals surface area contributed by atoms with Crippen molar-refractivity contribution in [2.24, 2.45) is 0 Å². The van der Waals surface area contributed by atoms with Gasteiger partial charge in [0.1, 0.15) is 17.6 Å². The van der Waals surface area contributed by atoms with E-state index >= 15 is 0 Å². The molecule has 0 amide bonds. The van der Waals surface area contributed by atoms with E-state index in [4.69, 9.17) is 14.0 Å². The van der Waals surface area contributed by atoms with Gasteiger partial charge in [-0.25, -0.2) is 4.39 Å². The fourth-order valence-electron chi connectivity index (χ4n) is 3.09. The third-order valence-electron chi connectivity index (χ3n) is 5.39. The van der Waals surface area contributed by atoms with Crippen LogP contribution in [0.3, 0.4) is 0 Å². The van der Waals surface area contributed by atoms with Crippen molar-refractivity contribution in [1.29, 1.82) is 0 Å². The summed E-state index contributed by atoms with van der Waals surface area (Å²) in [6.07, 6.45) is 3.16. The van der Waals surface area contributed by atoms with E-state index in [2.05, 4.69) is 0 Å². The molecule has 25 heavy (non-hydrogen) atoms. The minimum absolute atomic E-state index is 0.241. The van der Waals surface area contributed by atoms with E-state index < -0.39 is 30.2 Å². The van der Waals surface area contributed by atoms with E-state index in [-0.39, 0.29) is 6.10 Å². The van der Waals surface area contributed by atoms with Crippen molar-refractivity contribution in [2.45, 2.75) is 70.4 Å². The van der Waals surface area contributed by atoms with Crippen LogP contribution in [0.25, 0.3) is 6.08 Å². The summed E-state index contributed by atoms with van der Waals surface area (Å²) in [4.78, 5) is 0. The van der Waals surface area contributed by atoms with E-state index in [0.717, 1.165) is 19.3 Å². The van der Waals surface area contributed by atoms with Gasteiger partial charge in [-0.15, -0.1) is 0 Å². The van der Waals surface area contributed by atoms with Gasteiger partial charge in [-0.2, -0.15) is 0 Å². The second kappa shape index (κ2) is 6.74. The Labute approximate surface area is 149 Å². The fraction of sp³-hybridized carbons (Fsp3) is 0.579. The lowest BCUT2D eigenvalue weighted by Gasteiger charge is -2.32. The summed E-state index contributed by atoms with van der Waals surface area (Å²) in [5.41, 5.74) is -1.07. The number of ether oxygens (including phenoxy) is 1. The number of rotatable bonds is 4. The van der Waals surface area contributed by atoms with E-state index in [0.29, 0.717) is 11.3 Å². The molecule has 2 unspecified atom stereocenters. The summed E-state index contributed by atoms with van der Waals surface area (Å²) in [5.74, 6) is 0.556. The number of para-hydroxylation sites is 1. The number of benzene rings is 1. The molecule has 2 atom stereocenters. The largest absolute Gasteiger partial charge is 0.525 e. The summed E-state index contributed by atoms with van der Waals surface area (Å²) in [5, 5.41) is 9.96. The third kappa shape index (κ3) is 3.76. The molecule has 1 aliphatic heterocycles. The molecular formula is C19H26BFO4. The molecule has 0 aromatic heterocycles. The molecule has 136 valence electrons. The summed E-state index contributed by atoms with van der Waals surface area (Å²) in [6.45, 7) is 7.55. The maximum Gasteiger partial charge on any atom is 0.525 e. The molecule has 1 saturated carbocycles. The van der Waals surface area contributed by atoms with Gasteiger partial charge in [-0.1, -0.05) is 18.2 Å². The lowest BCUT2D eigenvalue weighted by atomic mass is 9.86. The molecule has 1 aliphatic carbocycles. The maximum absolute atomic E-state index is 14.8. The average Bonchev–Trinajstić information content (AvgIpc) is 3.02. The lowest BCUT2D eigenvalue weighted by Crippen LogP contribution is -2.41. The molecule has 2 fully saturated rings. The molecule has 0 spiro atoms. The summed E-state index contributed by atoms with van der Waals surface area (Å²) in [7, 11) is -1.03. The van der Waals surface area contributed by atoms with Crippen molar-refractivity contribution in [1.82, 2.24) is 0 Å². The first kappa shape index (κ1) is 18.4. The molecule has 2 aliphatic rings. The van der Waals surface area contributed by atoms with Gasteiger partial charge in [-0.05, 0) is 59.1 Å². The predicted molar refractivity (Wildman–Crippen MR) is 95.9 cm³/mol. The minimum atomic E-state index is -1.03. The van der Waals surface area contributed by atoms with Crippen LogP contribution in [0.4, 0.5) is 4.39 Å². The van der Waals surface area contributed by atoms with Crippen molar-refractivity contribution in [2.75, 3.05) is 0 Å². The molecule has 4 nitrogen and oxygen atoms in total. The van der Waals surface area contributed by atoms with E-state index in [1.165, 1.54) is 6.08 Å². The Morgan fingerprint density at radius 3 is 2.44 bits per heavy atom. The third-order valence-corrected chi connectivity index (χ3v) is 5.39. The van der Waals surface area contributed by atoms with Gasteiger partial charge in [0.2, 0.25) is 0 Å². The molecule has 1 saturated heterocycles. The molecule has 3 rings (SSSR count). The maximum atomic E-state index is 14.8. The molecule has 6 heteroatoms. The van der Waals surface area contributed by atoms with Crippen LogP contribution < -0.4 is 4.74 Å². The standard InChI is InChI=1S/C19H26BFO4/c1-18(2)19(3,4)25-20(24-18)17(21)12-13-8-5-6-10-15(13)23-16-11-7-9-14(16)22/h5-6,8,10,12,14,16,22H,7,9,11H2,1-4H3. The molecule has 1 aromatic carbocycles. The summed E-state index contributed by atoms with van der Waals surface area (Å²) < 4.78 is 32.2. The van der Waals surface area contributed by atoms with Crippen LogP contribution in [-0.2, 0) is 9.31 Å². The van der Waals surface area contributed by atoms with Gasteiger partial charge in [0, 0.05) is 5.56 Å². The first-order valence-electron chi connectivity index (χ1n) is 8.86. The number of hydrogen-bond acceptors (Lipinski definition) is 4. The molecule has 1 heterocycles. The smallest absolute Gasteiger partial charge is 0.487 e. The average molecular weight is 348 g/mol. The number of aliphatic hydroxyl groups is 1. The van der Waals surface area contributed by atoms with Gasteiger partial charge in [-0.3, -0.25) is 0 Å². The fourth-order valence-corrected chi connectivity index (χ4v) is 3.09. The zero-order chi connectivity index (χ0) is 18.2. The Bertz CT molecular complexity index is 643. The van der Waals surface area contributed by atoms with Gasteiger partial charge in [0.05, 0.1) is 17.3 Å². The highest BCUT2D eigenvalue weighted by Gasteiger charge is 2.53. The van der Waals surface area contributed by atoms with Crippen molar-refractivity contribution >= 4 is 13.2 Å². The highest BCUT2D eigenvalue weighted by molar-refractivity contribution is 6.54. The van der Waals surface area contributed by atoms with Gasteiger partial charge >= 0.3 is 7.12 Å². The van der Waals surface area contributed by atoms with E-state index in [9.17, 15) is 9.50 Å². The van der Waals surface area contributed by atoms with E-state index in [1.807, 2.05) is 39.8 Å². The highest BCUT2D eigenvalue weighted by Crippen LogP contribution is 2.39. The Balaban J connectivity index is 1.79. The summed E-state index contributed by atoms with van der Waals surface area (Å²) in [6, 6.07) is 7.22. The van der Waals surface area contributed by atoms with Crippen LogP contribution in [0.5, 0.6) is 5.75 Å². The highest BCUT2D eigenvalue weighted by atomic mass is 19.1. The number of halogens is 1. The predicted octanol–water partition coefficient (Wildman–Crippen LogP) is 3.92. The second-order valence-electron chi connectivity index (χ2n) is 7.81. The van der Waals surface area contributed by atoms with E-state index in [1.54, 1.807) is 12.1 Å². The zero-order valence-corrected chi connectivity index (χ0v) is 15.3. The van der Waals surface area contributed by atoms with Crippen LogP contribution in [0, 0.1) is 0 Å². The first-order valence-corrected chi connectivity index (χ1v) is 8.86. The van der Waals surface area contributed by atoms with Crippen LogP contribution in [-0.4, -0.2) is 35.6 Å². The molecule has 0 bridgehead atoms. The molecule has 0 radical (unpaired) electrons. The SMILES string of the molecule is CC1(C)OB(C(F)=Cc2ccccc2OC2CCCC2O)OC1(C)C. The Hall–Kier alpha value is -1.37. The molecule has 1 aromatic rings. The quantitative estimate of drug-likeness (QED) is 0.838. The van der Waals surface area contributed by atoms with Gasteiger partial charge in [0.25, 0.3) is 0 Å². The normalized spacial score (nSPS) is 28.4. The second-order valence-corrected chi connectivity index (χ2v) is 7.81. The van der Waals surface area contributed by atoms with Crippen molar-refractivity contribution in [3.8, 4) is 5.75 Å². The van der Waals surface area contributed by atoms with Crippen molar-refractivity contribution in [3.63, 3.8) is 0 Å². The molecular weight excluding hydrogens is 322 g/mol. The van der Waals surface area contributed by atoms with Crippen LogP contribution in [0.2, 0.25) is 0 Å². The number of aliphatic hydroxyl groups excluding tert-OH is 1. The monoisotopic (exact) mass is 348 g/mol. The minimum Gasteiger partial charge on any atom is -0.487 e. The van der Waals surface area contributed by atoms with Crippen molar-refractivity contribution in [3.05, 3.63) is 35.6 Å². The van der Waals surface area contributed by atoms with Crippen LogP contribution >= 0.6 is 0 Å². The van der Waals surface area contributed by atoms with Gasteiger partial charge < -0.3 is 19.2 Å². The Morgan fingerprint density at radius 2 is 1.84 bits per heavy atom. The zero-order valence-electron chi connectivity index (χ0n) is 15.3. The summed E-state index contributed by atoms with van der Waals surface area (Å²) >= 11 is 0. The first-order chi connectivity index (χ1) is 11.7. The van der Waals surface area contributed by atoms with Crippen LogP contribution in [0.15, 0.2) is 30.0 Å². The van der Waals surface area contributed by atoms with Gasteiger partial charge in [0.15, 0.2) is 0 Å². The van der Waals surface area contributed by atoms with Crippen molar-refractivity contribution < 1.29 is 23.5 Å². The Morgan fingerprint density at radius 1 is 1.20 bits per heavy atom. The van der Waals surface area contributed by atoms with Crippen LogP contribution in [0.1, 0.15) is 52.5 Å². The number of hydrogen-bond donors (Lipinski definition) is 1. The Kier molecular flexibility index (Phi) is 4.97.